The van der Waals surface area contributed by atoms with Gasteiger partial charge in [0.05, 0.1) is 0 Å². The van der Waals surface area contributed by atoms with E-state index >= 15 is 0 Å². The molecule has 0 spiro atoms. The van der Waals surface area contributed by atoms with Crippen molar-refractivity contribution in [3.05, 3.63) is 36.0 Å². The minimum atomic E-state index is -3.25. The van der Waals surface area contributed by atoms with Crippen LogP contribution in [0.3, 0.4) is 0 Å². The molecule has 1 N–H and O–H groups in total. The van der Waals surface area contributed by atoms with Crippen molar-refractivity contribution in [1.82, 2.24) is 18.5 Å². The predicted octanol–water partition coefficient (Wildman–Crippen LogP) is 1.63. The minimum Gasteiger partial charge on any atom is -0.361 e. The molecule has 2 fully saturated rings. The lowest BCUT2D eigenvalue weighted by Gasteiger charge is -2.35. The first-order valence-corrected chi connectivity index (χ1v) is 10.1. The third-order valence-electron chi connectivity index (χ3n) is 5.12. The van der Waals surface area contributed by atoms with Gasteiger partial charge in [0.15, 0.2) is 0 Å². The molecule has 0 aliphatic carbocycles. The molecule has 24 heavy (non-hydrogen) atoms. The van der Waals surface area contributed by atoms with Crippen LogP contribution in [0, 0.1) is 0 Å². The Hall–Kier alpha value is -1.41. The van der Waals surface area contributed by atoms with Gasteiger partial charge in [-0.1, -0.05) is 18.2 Å². The van der Waals surface area contributed by atoms with Crippen LogP contribution in [0.4, 0.5) is 0 Å². The third-order valence-corrected chi connectivity index (χ3v) is 7.15. The zero-order valence-electron chi connectivity index (χ0n) is 13.8. The molecule has 0 atom stereocenters. The SMILES string of the molecule is O=S(=O)(N1CCCC1)N1CCN(Cc2c[nH]c3ccccc23)CC1. The second-order valence-corrected chi connectivity index (χ2v) is 8.58. The summed E-state index contributed by atoms with van der Waals surface area (Å²) in [6, 6.07) is 8.31. The summed E-state index contributed by atoms with van der Waals surface area (Å²) in [4.78, 5) is 5.65. The van der Waals surface area contributed by atoms with Gasteiger partial charge in [0.2, 0.25) is 0 Å². The highest BCUT2D eigenvalue weighted by atomic mass is 32.2. The van der Waals surface area contributed by atoms with E-state index in [0.717, 1.165) is 38.0 Å². The average Bonchev–Trinajstić information content (AvgIpc) is 3.26. The van der Waals surface area contributed by atoms with Crippen LogP contribution in [0.25, 0.3) is 10.9 Å². The van der Waals surface area contributed by atoms with E-state index < -0.39 is 10.2 Å². The number of hydrogen-bond acceptors (Lipinski definition) is 3. The molecule has 3 heterocycles. The number of fused-ring (bicyclic) bond motifs is 1. The molecule has 0 bridgehead atoms. The molecule has 2 aliphatic heterocycles. The molecule has 130 valence electrons. The maximum atomic E-state index is 12.6. The Morgan fingerprint density at radius 3 is 2.33 bits per heavy atom. The van der Waals surface area contributed by atoms with Crippen LogP contribution in [0.5, 0.6) is 0 Å². The molecular weight excluding hydrogens is 324 g/mol. The quantitative estimate of drug-likeness (QED) is 0.913. The van der Waals surface area contributed by atoms with Crippen molar-refractivity contribution in [3.8, 4) is 0 Å². The minimum absolute atomic E-state index is 0.585. The molecule has 6 nitrogen and oxygen atoms in total. The summed E-state index contributed by atoms with van der Waals surface area (Å²) in [6.45, 7) is 4.96. The number of para-hydroxylation sites is 1. The van der Waals surface area contributed by atoms with Crippen LogP contribution in [-0.4, -0.2) is 66.2 Å². The van der Waals surface area contributed by atoms with Gasteiger partial charge in [0.25, 0.3) is 10.2 Å². The van der Waals surface area contributed by atoms with Gasteiger partial charge in [0.1, 0.15) is 0 Å². The number of nitrogens with one attached hydrogen (secondary N) is 1. The smallest absolute Gasteiger partial charge is 0.282 e. The lowest BCUT2D eigenvalue weighted by Crippen LogP contribution is -2.52. The number of piperazine rings is 1. The highest BCUT2D eigenvalue weighted by Gasteiger charge is 2.33. The van der Waals surface area contributed by atoms with Crippen LogP contribution in [0.2, 0.25) is 0 Å². The molecule has 0 unspecified atom stereocenters. The van der Waals surface area contributed by atoms with Crippen molar-refractivity contribution in [2.75, 3.05) is 39.3 Å². The molecule has 0 radical (unpaired) electrons. The fourth-order valence-electron chi connectivity index (χ4n) is 3.70. The van der Waals surface area contributed by atoms with Crippen LogP contribution >= 0.6 is 0 Å². The molecule has 0 saturated carbocycles. The predicted molar refractivity (Wildman–Crippen MR) is 94.9 cm³/mol. The van der Waals surface area contributed by atoms with E-state index in [2.05, 4.69) is 34.3 Å². The number of H-pyrrole nitrogens is 1. The van der Waals surface area contributed by atoms with Crippen molar-refractivity contribution in [3.63, 3.8) is 0 Å². The Morgan fingerprint density at radius 1 is 0.917 bits per heavy atom. The maximum absolute atomic E-state index is 12.6. The summed E-state index contributed by atoms with van der Waals surface area (Å²) in [7, 11) is -3.25. The number of aromatic nitrogens is 1. The lowest BCUT2D eigenvalue weighted by molar-refractivity contribution is 0.176. The number of nitrogens with zero attached hydrogens (tertiary/aromatic N) is 3. The topological polar surface area (TPSA) is 59.7 Å². The monoisotopic (exact) mass is 348 g/mol. The summed E-state index contributed by atoms with van der Waals surface area (Å²) >= 11 is 0. The molecule has 2 aliphatic rings. The molecule has 7 heteroatoms. The molecule has 0 amide bonds. The Morgan fingerprint density at radius 2 is 1.58 bits per heavy atom. The molecule has 4 rings (SSSR count). The van der Waals surface area contributed by atoms with E-state index in [-0.39, 0.29) is 0 Å². The van der Waals surface area contributed by atoms with Gasteiger partial charge in [-0.15, -0.1) is 0 Å². The molecule has 2 aromatic rings. The van der Waals surface area contributed by atoms with Crippen LogP contribution < -0.4 is 0 Å². The summed E-state index contributed by atoms with van der Waals surface area (Å²) in [6.07, 6.45) is 4.04. The fraction of sp³-hybridized carbons (Fsp3) is 0.529. The molecule has 1 aromatic heterocycles. The van der Waals surface area contributed by atoms with Gasteiger partial charge in [-0.25, -0.2) is 0 Å². The molecular formula is C17H24N4O2S. The second-order valence-electron chi connectivity index (χ2n) is 6.65. The van der Waals surface area contributed by atoms with Crippen LogP contribution in [-0.2, 0) is 16.8 Å². The summed E-state index contributed by atoms with van der Waals surface area (Å²) in [5, 5.41) is 1.25. The van der Waals surface area contributed by atoms with E-state index in [1.807, 2.05) is 6.07 Å². The standard InChI is InChI=1S/C17H24N4O2S/c22-24(23,20-7-3-4-8-20)21-11-9-19(10-12-21)14-15-13-18-17-6-2-1-5-16(15)17/h1-2,5-6,13,18H,3-4,7-12,14H2. The lowest BCUT2D eigenvalue weighted by atomic mass is 10.1. The van der Waals surface area contributed by atoms with Crippen LogP contribution in [0.15, 0.2) is 30.5 Å². The van der Waals surface area contributed by atoms with Gasteiger partial charge < -0.3 is 4.98 Å². The van der Waals surface area contributed by atoms with E-state index in [4.69, 9.17) is 0 Å². The highest BCUT2D eigenvalue weighted by molar-refractivity contribution is 7.86. The second kappa shape index (κ2) is 6.48. The Balaban J connectivity index is 1.39. The van der Waals surface area contributed by atoms with E-state index in [0.29, 0.717) is 26.2 Å². The number of aromatic amines is 1. The van der Waals surface area contributed by atoms with Gasteiger partial charge in [0, 0.05) is 62.9 Å². The van der Waals surface area contributed by atoms with Gasteiger partial charge in [-0.3, -0.25) is 4.90 Å². The molecule has 1 aromatic carbocycles. The van der Waals surface area contributed by atoms with E-state index in [1.165, 1.54) is 10.9 Å². The first-order chi connectivity index (χ1) is 11.6. The van der Waals surface area contributed by atoms with Crippen LogP contribution in [0.1, 0.15) is 18.4 Å². The zero-order chi connectivity index (χ0) is 16.6. The summed E-state index contributed by atoms with van der Waals surface area (Å²) in [5.74, 6) is 0. The third kappa shape index (κ3) is 2.97. The van der Waals surface area contributed by atoms with Gasteiger partial charge in [-0.2, -0.15) is 17.0 Å². The van der Waals surface area contributed by atoms with Crippen molar-refractivity contribution in [1.29, 1.82) is 0 Å². The summed E-state index contributed by atoms with van der Waals surface area (Å²) < 4.78 is 28.5. The number of benzene rings is 1. The fourth-order valence-corrected chi connectivity index (χ4v) is 5.37. The summed E-state index contributed by atoms with van der Waals surface area (Å²) in [5.41, 5.74) is 2.43. The Kier molecular flexibility index (Phi) is 4.34. The zero-order valence-corrected chi connectivity index (χ0v) is 14.6. The maximum Gasteiger partial charge on any atom is 0.282 e. The normalized spacial score (nSPS) is 21.7. The largest absolute Gasteiger partial charge is 0.361 e. The first kappa shape index (κ1) is 16.1. The average molecular weight is 348 g/mol. The first-order valence-electron chi connectivity index (χ1n) is 8.67. The Bertz CT molecular complexity index is 803. The highest BCUT2D eigenvalue weighted by Crippen LogP contribution is 2.22. The van der Waals surface area contributed by atoms with Crippen molar-refractivity contribution >= 4 is 21.1 Å². The number of hydrogen-bond donors (Lipinski definition) is 1. The molecule has 2 saturated heterocycles. The van der Waals surface area contributed by atoms with Gasteiger partial charge in [-0.05, 0) is 24.5 Å². The Labute approximate surface area is 143 Å². The van der Waals surface area contributed by atoms with Gasteiger partial charge >= 0.3 is 0 Å². The van der Waals surface area contributed by atoms with E-state index in [9.17, 15) is 8.42 Å². The van der Waals surface area contributed by atoms with E-state index in [1.54, 1.807) is 8.61 Å². The van der Waals surface area contributed by atoms with Crippen molar-refractivity contribution in [2.24, 2.45) is 0 Å². The number of rotatable bonds is 4. The van der Waals surface area contributed by atoms with Crippen molar-refractivity contribution in [2.45, 2.75) is 19.4 Å². The van der Waals surface area contributed by atoms with Crippen molar-refractivity contribution < 1.29 is 8.42 Å².